The Morgan fingerprint density at radius 1 is 1.20 bits per heavy atom. The largest absolute Gasteiger partial charge is 0.380 e. The van der Waals surface area contributed by atoms with Crippen molar-refractivity contribution in [2.75, 3.05) is 25.5 Å². The average Bonchev–Trinajstić information content (AvgIpc) is 3.40. The number of nitrogens with zero attached hydrogens (tertiary/aromatic N) is 4. The van der Waals surface area contributed by atoms with Crippen molar-refractivity contribution in [1.82, 2.24) is 19.7 Å². The molecule has 2 aromatic heterocycles. The molecule has 9 heteroatoms. The summed E-state index contributed by atoms with van der Waals surface area (Å²) in [7, 11) is 1.70. The lowest BCUT2D eigenvalue weighted by Gasteiger charge is -2.16. The summed E-state index contributed by atoms with van der Waals surface area (Å²) in [6, 6.07) is 5.17. The number of amides is 1. The van der Waals surface area contributed by atoms with Gasteiger partial charge in [0.15, 0.2) is 0 Å². The lowest BCUT2D eigenvalue weighted by Crippen LogP contribution is -2.22. The van der Waals surface area contributed by atoms with E-state index in [0.717, 1.165) is 44.1 Å². The number of hydrogen-bond donors (Lipinski definition) is 1. The third kappa shape index (κ3) is 5.47. The van der Waals surface area contributed by atoms with Crippen molar-refractivity contribution in [3.63, 3.8) is 0 Å². The molecule has 1 saturated heterocycles. The maximum atomic E-state index is 14.7. The van der Waals surface area contributed by atoms with E-state index in [0.29, 0.717) is 29.3 Å². The van der Waals surface area contributed by atoms with Crippen LogP contribution in [0.25, 0.3) is 17.2 Å². The molecule has 0 radical (unpaired) electrons. The Bertz CT molecular complexity index is 1250. The van der Waals surface area contributed by atoms with Crippen LogP contribution in [0.15, 0.2) is 49.1 Å². The number of methoxy groups -OCH3 is 1. The van der Waals surface area contributed by atoms with Gasteiger partial charge in [-0.1, -0.05) is 6.07 Å². The molecule has 1 aromatic carbocycles. The van der Waals surface area contributed by atoms with Crippen molar-refractivity contribution in [3.8, 4) is 11.1 Å². The minimum Gasteiger partial charge on any atom is -0.380 e. The average molecular weight is 480 g/mol. The summed E-state index contributed by atoms with van der Waals surface area (Å²) in [5.74, 6) is -1.53. The topological polar surface area (TPSA) is 72.3 Å². The molecule has 2 aliphatic rings. The molecule has 1 aliphatic heterocycles. The molecule has 5 rings (SSSR count). The van der Waals surface area contributed by atoms with E-state index >= 15 is 0 Å². The van der Waals surface area contributed by atoms with Gasteiger partial charge in [0.25, 0.3) is 0 Å². The Hall–Kier alpha value is -3.43. The Morgan fingerprint density at radius 2 is 2.06 bits per heavy atom. The summed E-state index contributed by atoms with van der Waals surface area (Å²) in [6.45, 7) is 2.35. The van der Waals surface area contributed by atoms with Crippen LogP contribution in [0.4, 0.5) is 14.5 Å². The molecular formula is C26H27F2N5O2. The lowest BCUT2D eigenvalue weighted by atomic mass is 10.0. The van der Waals surface area contributed by atoms with Gasteiger partial charge in [0.05, 0.1) is 30.2 Å². The van der Waals surface area contributed by atoms with Crippen LogP contribution in [0, 0.1) is 11.6 Å². The number of nitrogens with one attached hydrogen (secondary N) is 1. The highest BCUT2D eigenvalue weighted by molar-refractivity contribution is 6.02. The van der Waals surface area contributed by atoms with E-state index < -0.39 is 17.5 Å². The molecule has 182 valence electrons. The van der Waals surface area contributed by atoms with Gasteiger partial charge in [-0.3, -0.25) is 19.4 Å². The Balaban J connectivity index is 1.25. The number of carbonyl (C=O) groups is 1. The number of ether oxygens (including phenoxy) is 1. The standard InChI is InChI=1S/C26H27F2N5O2/c1-35-21-8-9-32(16-21)14-17-2-6-24(22(27)10-17)31-25(34)7-3-18-11-29-13-23(28)26(18)19-12-30-33(15-19)20-4-5-20/h2-3,6-7,10-13,15,20-21H,4-5,8-9,14,16H2,1H3,(H,31,34)/b7-3+. The highest BCUT2D eigenvalue weighted by Crippen LogP contribution is 2.36. The van der Waals surface area contributed by atoms with Crippen LogP contribution < -0.4 is 5.32 Å². The number of anilines is 1. The molecule has 0 bridgehead atoms. The first kappa shape index (κ1) is 23.3. The summed E-state index contributed by atoms with van der Waals surface area (Å²) < 4.78 is 36.5. The third-order valence-corrected chi connectivity index (χ3v) is 6.41. The number of likely N-dealkylation sites (tertiary alicyclic amines) is 1. The molecule has 1 saturated carbocycles. The van der Waals surface area contributed by atoms with Gasteiger partial charge in [0, 0.05) is 61.9 Å². The Kier molecular flexibility index (Phi) is 6.70. The molecule has 3 aromatic rings. The Labute approximate surface area is 202 Å². The summed E-state index contributed by atoms with van der Waals surface area (Å²) in [5.41, 5.74) is 2.29. The summed E-state index contributed by atoms with van der Waals surface area (Å²) in [5, 5.41) is 6.87. The molecule has 0 spiro atoms. The van der Waals surface area contributed by atoms with Crippen molar-refractivity contribution in [2.24, 2.45) is 0 Å². The highest BCUT2D eigenvalue weighted by Gasteiger charge is 2.25. The molecular weight excluding hydrogens is 452 g/mol. The lowest BCUT2D eigenvalue weighted by molar-refractivity contribution is -0.111. The molecule has 1 unspecified atom stereocenters. The zero-order chi connectivity index (χ0) is 24.4. The van der Waals surface area contributed by atoms with Crippen LogP contribution in [-0.4, -0.2) is 51.9 Å². The summed E-state index contributed by atoms with van der Waals surface area (Å²) in [4.78, 5) is 18.6. The first-order chi connectivity index (χ1) is 17.0. The molecule has 1 aliphatic carbocycles. The van der Waals surface area contributed by atoms with Crippen LogP contribution >= 0.6 is 0 Å². The fourth-order valence-electron chi connectivity index (χ4n) is 4.38. The number of benzene rings is 1. The van der Waals surface area contributed by atoms with Gasteiger partial charge in [-0.25, -0.2) is 8.78 Å². The number of aromatic nitrogens is 3. The SMILES string of the molecule is COC1CCN(Cc2ccc(NC(=O)/C=C/c3cncc(F)c3-c3cnn(C4CC4)c3)c(F)c2)C1. The normalized spacial score (nSPS) is 18.4. The van der Waals surface area contributed by atoms with Crippen molar-refractivity contribution in [1.29, 1.82) is 0 Å². The van der Waals surface area contributed by atoms with E-state index in [1.807, 2.05) is 10.9 Å². The van der Waals surface area contributed by atoms with Gasteiger partial charge in [0.2, 0.25) is 5.91 Å². The zero-order valence-corrected chi connectivity index (χ0v) is 19.5. The molecule has 3 heterocycles. The number of pyridine rings is 1. The van der Waals surface area contributed by atoms with Crippen LogP contribution in [0.5, 0.6) is 0 Å². The maximum absolute atomic E-state index is 14.7. The van der Waals surface area contributed by atoms with Crippen LogP contribution in [0.1, 0.15) is 36.4 Å². The van der Waals surface area contributed by atoms with Crippen LogP contribution in [0.2, 0.25) is 0 Å². The summed E-state index contributed by atoms with van der Waals surface area (Å²) in [6.07, 6.45) is 12.1. The fourth-order valence-corrected chi connectivity index (χ4v) is 4.38. The van der Waals surface area contributed by atoms with E-state index in [2.05, 4.69) is 20.3 Å². The van der Waals surface area contributed by atoms with Gasteiger partial charge >= 0.3 is 0 Å². The third-order valence-electron chi connectivity index (χ3n) is 6.41. The maximum Gasteiger partial charge on any atom is 0.248 e. The minimum absolute atomic E-state index is 0.0860. The quantitative estimate of drug-likeness (QED) is 0.484. The van der Waals surface area contributed by atoms with Gasteiger partial charge in [-0.15, -0.1) is 0 Å². The molecule has 1 N–H and O–H groups in total. The van der Waals surface area contributed by atoms with Gasteiger partial charge in [-0.2, -0.15) is 5.10 Å². The fraction of sp³-hybridized carbons (Fsp3) is 0.346. The summed E-state index contributed by atoms with van der Waals surface area (Å²) >= 11 is 0. The van der Waals surface area contributed by atoms with E-state index in [-0.39, 0.29) is 11.8 Å². The first-order valence-corrected chi connectivity index (χ1v) is 11.7. The van der Waals surface area contributed by atoms with Crippen molar-refractivity contribution < 1.29 is 18.3 Å². The number of hydrogen-bond acceptors (Lipinski definition) is 5. The van der Waals surface area contributed by atoms with Gasteiger partial charge < -0.3 is 10.1 Å². The molecule has 7 nitrogen and oxygen atoms in total. The van der Waals surface area contributed by atoms with E-state index in [1.54, 1.807) is 25.4 Å². The smallest absolute Gasteiger partial charge is 0.248 e. The van der Waals surface area contributed by atoms with Crippen LogP contribution in [-0.2, 0) is 16.1 Å². The predicted molar refractivity (Wildman–Crippen MR) is 128 cm³/mol. The van der Waals surface area contributed by atoms with Gasteiger partial charge in [-0.05, 0) is 43.0 Å². The first-order valence-electron chi connectivity index (χ1n) is 11.7. The number of carbonyl (C=O) groups excluding carboxylic acids is 1. The van der Waals surface area contributed by atoms with Crippen molar-refractivity contribution >= 4 is 17.7 Å². The second kappa shape index (κ2) is 10.1. The molecule has 1 amide bonds. The van der Waals surface area contributed by atoms with E-state index in [4.69, 9.17) is 4.74 Å². The van der Waals surface area contributed by atoms with Crippen molar-refractivity contribution in [3.05, 3.63) is 71.8 Å². The predicted octanol–water partition coefficient (Wildman–Crippen LogP) is 4.43. The minimum atomic E-state index is -0.525. The number of rotatable bonds is 8. The van der Waals surface area contributed by atoms with Crippen molar-refractivity contribution in [2.45, 2.75) is 38.0 Å². The second-order valence-electron chi connectivity index (χ2n) is 9.04. The Morgan fingerprint density at radius 3 is 2.80 bits per heavy atom. The molecule has 2 fully saturated rings. The molecule has 35 heavy (non-hydrogen) atoms. The monoisotopic (exact) mass is 479 g/mol. The van der Waals surface area contributed by atoms with Crippen LogP contribution in [0.3, 0.4) is 0 Å². The second-order valence-corrected chi connectivity index (χ2v) is 9.04. The van der Waals surface area contributed by atoms with E-state index in [1.165, 1.54) is 24.4 Å². The van der Waals surface area contributed by atoms with Gasteiger partial charge in [0.1, 0.15) is 11.6 Å². The molecule has 1 atom stereocenters. The highest BCUT2D eigenvalue weighted by atomic mass is 19.1. The van der Waals surface area contributed by atoms with E-state index in [9.17, 15) is 13.6 Å². The zero-order valence-electron chi connectivity index (χ0n) is 19.5. The number of halogens is 2.